The normalized spacial score (nSPS) is 19.8. The molecule has 0 radical (unpaired) electrons. The Hall–Kier alpha value is -0.570. The molecule has 0 heterocycles. The maximum atomic E-state index is 12.0. The van der Waals surface area contributed by atoms with Crippen molar-refractivity contribution < 1.29 is 9.53 Å². The number of hydrogen-bond acceptors (Lipinski definition) is 3. The largest absolute Gasteiger partial charge is 0.465 e. The Kier molecular flexibility index (Phi) is 5.26. The van der Waals surface area contributed by atoms with Gasteiger partial charge in [0.05, 0.1) is 12.0 Å². The van der Waals surface area contributed by atoms with Gasteiger partial charge in [0, 0.05) is 6.54 Å². The van der Waals surface area contributed by atoms with E-state index in [-0.39, 0.29) is 11.4 Å². The molecule has 1 rings (SSSR count). The van der Waals surface area contributed by atoms with Crippen LogP contribution in [0.5, 0.6) is 0 Å². The van der Waals surface area contributed by atoms with Gasteiger partial charge < -0.3 is 10.5 Å². The van der Waals surface area contributed by atoms with Crippen molar-refractivity contribution >= 4 is 5.97 Å². The van der Waals surface area contributed by atoms with Crippen LogP contribution in [0.2, 0.25) is 0 Å². The molecule has 0 saturated heterocycles. The second-order valence-electron chi connectivity index (χ2n) is 5.36. The van der Waals surface area contributed by atoms with Crippen LogP contribution in [-0.2, 0) is 9.53 Å². The molecule has 0 aromatic rings. The molecule has 3 nitrogen and oxygen atoms in total. The zero-order chi connectivity index (χ0) is 12.0. The molecular weight excluding hydrogens is 202 g/mol. The van der Waals surface area contributed by atoms with Gasteiger partial charge in [0.1, 0.15) is 0 Å². The minimum absolute atomic E-state index is 0.0599. The van der Waals surface area contributed by atoms with Gasteiger partial charge in [0.25, 0.3) is 0 Å². The Bertz CT molecular complexity index is 220. The van der Waals surface area contributed by atoms with Gasteiger partial charge in [0.15, 0.2) is 0 Å². The molecule has 0 aromatic carbocycles. The lowest BCUT2D eigenvalue weighted by molar-refractivity contribution is -0.157. The van der Waals surface area contributed by atoms with E-state index in [4.69, 9.17) is 10.5 Å². The summed E-state index contributed by atoms with van der Waals surface area (Å²) in [6.45, 7) is 5.24. The van der Waals surface area contributed by atoms with Crippen LogP contribution in [0.25, 0.3) is 0 Å². The smallest absolute Gasteiger partial charge is 0.313 e. The van der Waals surface area contributed by atoms with Crippen molar-refractivity contribution in [3.8, 4) is 0 Å². The summed E-state index contributed by atoms with van der Waals surface area (Å²) >= 11 is 0. The SMILES string of the molecule is CC(C)CCOC(=O)C1(CN)CCCCC1. The Labute approximate surface area is 98.7 Å². The van der Waals surface area contributed by atoms with Crippen LogP contribution in [0.15, 0.2) is 0 Å². The highest BCUT2D eigenvalue weighted by Crippen LogP contribution is 2.36. The number of carbonyl (C=O) groups excluding carboxylic acids is 1. The molecule has 1 fully saturated rings. The second kappa shape index (κ2) is 6.24. The molecule has 3 heteroatoms. The summed E-state index contributed by atoms with van der Waals surface area (Å²) in [5.41, 5.74) is 5.40. The summed E-state index contributed by atoms with van der Waals surface area (Å²) in [6, 6.07) is 0. The minimum atomic E-state index is -0.366. The maximum absolute atomic E-state index is 12.0. The monoisotopic (exact) mass is 227 g/mol. The van der Waals surface area contributed by atoms with E-state index in [0.29, 0.717) is 19.1 Å². The molecule has 1 aliphatic rings. The third-order valence-corrected chi connectivity index (χ3v) is 3.56. The Morgan fingerprint density at radius 1 is 1.31 bits per heavy atom. The number of hydrogen-bond donors (Lipinski definition) is 1. The molecule has 0 unspecified atom stereocenters. The fraction of sp³-hybridized carbons (Fsp3) is 0.923. The lowest BCUT2D eigenvalue weighted by atomic mass is 9.74. The number of carbonyl (C=O) groups is 1. The molecule has 16 heavy (non-hydrogen) atoms. The molecule has 0 atom stereocenters. The predicted octanol–water partition coefficient (Wildman–Crippen LogP) is 2.48. The van der Waals surface area contributed by atoms with Crippen LogP contribution < -0.4 is 5.73 Å². The van der Waals surface area contributed by atoms with Crippen LogP contribution in [0.1, 0.15) is 52.4 Å². The molecule has 0 bridgehead atoms. The first-order valence-corrected chi connectivity index (χ1v) is 6.48. The number of rotatable bonds is 5. The van der Waals surface area contributed by atoms with Gasteiger partial charge in [0.2, 0.25) is 0 Å². The van der Waals surface area contributed by atoms with Gasteiger partial charge in [-0.3, -0.25) is 4.79 Å². The second-order valence-corrected chi connectivity index (χ2v) is 5.36. The van der Waals surface area contributed by atoms with Crippen molar-refractivity contribution in [2.24, 2.45) is 17.1 Å². The van der Waals surface area contributed by atoms with Crippen LogP contribution in [0.3, 0.4) is 0 Å². The van der Waals surface area contributed by atoms with Crippen molar-refractivity contribution in [2.45, 2.75) is 52.4 Å². The lowest BCUT2D eigenvalue weighted by Gasteiger charge is -2.33. The number of ether oxygens (including phenoxy) is 1. The fourth-order valence-electron chi connectivity index (χ4n) is 2.26. The van der Waals surface area contributed by atoms with E-state index in [2.05, 4.69) is 13.8 Å². The molecule has 0 amide bonds. The first kappa shape index (κ1) is 13.5. The summed E-state index contributed by atoms with van der Waals surface area (Å²) in [5.74, 6) is 0.517. The maximum Gasteiger partial charge on any atom is 0.313 e. The first-order chi connectivity index (χ1) is 7.60. The number of esters is 1. The first-order valence-electron chi connectivity index (χ1n) is 6.48. The van der Waals surface area contributed by atoms with Crippen molar-refractivity contribution in [3.63, 3.8) is 0 Å². The summed E-state index contributed by atoms with van der Waals surface area (Å²) in [7, 11) is 0. The van der Waals surface area contributed by atoms with Gasteiger partial charge >= 0.3 is 5.97 Å². The summed E-state index contributed by atoms with van der Waals surface area (Å²) in [6.07, 6.45) is 6.19. The Balaban J connectivity index is 2.42. The van der Waals surface area contributed by atoms with E-state index in [1.54, 1.807) is 0 Å². The lowest BCUT2D eigenvalue weighted by Crippen LogP contribution is -2.41. The van der Waals surface area contributed by atoms with Crippen LogP contribution >= 0.6 is 0 Å². The molecule has 1 saturated carbocycles. The topological polar surface area (TPSA) is 52.3 Å². The van der Waals surface area contributed by atoms with E-state index < -0.39 is 0 Å². The highest BCUT2D eigenvalue weighted by Gasteiger charge is 2.39. The van der Waals surface area contributed by atoms with E-state index in [1.807, 2.05) is 0 Å². The highest BCUT2D eigenvalue weighted by atomic mass is 16.5. The molecule has 2 N–H and O–H groups in total. The van der Waals surface area contributed by atoms with E-state index in [0.717, 1.165) is 32.1 Å². The Morgan fingerprint density at radius 2 is 1.94 bits per heavy atom. The van der Waals surface area contributed by atoms with Gasteiger partial charge in [-0.1, -0.05) is 33.1 Å². The fourth-order valence-corrected chi connectivity index (χ4v) is 2.26. The summed E-state index contributed by atoms with van der Waals surface area (Å²) in [4.78, 5) is 12.0. The Morgan fingerprint density at radius 3 is 2.44 bits per heavy atom. The average Bonchev–Trinajstić information content (AvgIpc) is 2.29. The molecule has 1 aliphatic carbocycles. The van der Waals surface area contributed by atoms with Gasteiger partial charge in [-0.25, -0.2) is 0 Å². The predicted molar refractivity (Wildman–Crippen MR) is 65.0 cm³/mol. The van der Waals surface area contributed by atoms with Gasteiger partial charge in [-0.15, -0.1) is 0 Å². The molecule has 0 aliphatic heterocycles. The van der Waals surface area contributed by atoms with Crippen LogP contribution in [-0.4, -0.2) is 19.1 Å². The molecule has 0 aromatic heterocycles. The quantitative estimate of drug-likeness (QED) is 0.734. The summed E-state index contributed by atoms with van der Waals surface area (Å²) < 4.78 is 5.37. The molecule has 94 valence electrons. The van der Waals surface area contributed by atoms with Gasteiger partial charge in [-0.2, -0.15) is 0 Å². The third-order valence-electron chi connectivity index (χ3n) is 3.56. The number of nitrogens with two attached hydrogens (primary N) is 1. The summed E-state index contributed by atoms with van der Waals surface area (Å²) in [5, 5.41) is 0. The van der Waals surface area contributed by atoms with Crippen LogP contribution in [0.4, 0.5) is 0 Å². The zero-order valence-corrected chi connectivity index (χ0v) is 10.6. The minimum Gasteiger partial charge on any atom is -0.465 e. The molecule has 0 spiro atoms. The van der Waals surface area contributed by atoms with Gasteiger partial charge in [-0.05, 0) is 25.2 Å². The molecular formula is C13H25NO2. The average molecular weight is 227 g/mol. The standard InChI is InChI=1S/C13H25NO2/c1-11(2)6-9-16-12(15)13(10-14)7-4-3-5-8-13/h11H,3-10,14H2,1-2H3. The van der Waals surface area contributed by atoms with Crippen molar-refractivity contribution in [2.75, 3.05) is 13.2 Å². The van der Waals surface area contributed by atoms with E-state index in [1.165, 1.54) is 6.42 Å². The third kappa shape index (κ3) is 3.48. The zero-order valence-electron chi connectivity index (χ0n) is 10.6. The highest BCUT2D eigenvalue weighted by molar-refractivity contribution is 5.77. The van der Waals surface area contributed by atoms with Crippen LogP contribution in [0, 0.1) is 11.3 Å². The van der Waals surface area contributed by atoms with Crippen molar-refractivity contribution in [1.29, 1.82) is 0 Å². The van der Waals surface area contributed by atoms with E-state index >= 15 is 0 Å². The van der Waals surface area contributed by atoms with E-state index in [9.17, 15) is 4.79 Å². The van der Waals surface area contributed by atoms with Crippen molar-refractivity contribution in [3.05, 3.63) is 0 Å². The van der Waals surface area contributed by atoms with Crippen molar-refractivity contribution in [1.82, 2.24) is 0 Å².